The molecule has 0 spiro atoms. The Morgan fingerprint density at radius 3 is 1.29 bits per heavy atom. The molecule has 0 amide bonds. The molecule has 0 atom stereocenters. The van der Waals surface area contributed by atoms with Crippen molar-refractivity contribution in [2.75, 3.05) is 0 Å². The number of benzene rings is 4. The fraction of sp³-hybridized carbons (Fsp3) is 0.0400. The van der Waals surface area contributed by atoms with E-state index in [0.29, 0.717) is 11.5 Å². The zero-order valence-corrected chi connectivity index (χ0v) is 15.2. The first kappa shape index (κ1) is 17.8. The van der Waals surface area contributed by atoms with Gasteiger partial charge in [0.25, 0.3) is 0 Å². The van der Waals surface area contributed by atoms with Crippen LogP contribution in [0.4, 0.5) is 0 Å². The summed E-state index contributed by atoms with van der Waals surface area (Å²) in [6, 6.07) is 34.1. The molecule has 0 aromatic heterocycles. The van der Waals surface area contributed by atoms with Gasteiger partial charge in [-0.15, -0.1) is 0 Å². The predicted molar refractivity (Wildman–Crippen MR) is 110 cm³/mol. The Hall–Kier alpha value is -3.56. The van der Waals surface area contributed by atoms with Crippen LogP contribution in [0.5, 0.6) is 23.0 Å². The molecule has 28 heavy (non-hydrogen) atoms. The van der Waals surface area contributed by atoms with Gasteiger partial charge in [-0.25, -0.2) is 0 Å². The summed E-state index contributed by atoms with van der Waals surface area (Å²) in [5, 5.41) is 10.9. The maximum atomic E-state index is 10.9. The van der Waals surface area contributed by atoms with E-state index >= 15 is 0 Å². The third-order valence-corrected chi connectivity index (χ3v) is 4.31. The minimum absolute atomic E-state index is 0.680. The van der Waals surface area contributed by atoms with Crippen LogP contribution in [0.3, 0.4) is 0 Å². The zero-order valence-electron chi connectivity index (χ0n) is 15.2. The topological polar surface area (TPSA) is 38.7 Å². The molecule has 0 radical (unpaired) electrons. The fourth-order valence-electron chi connectivity index (χ4n) is 2.94. The van der Waals surface area contributed by atoms with E-state index < -0.39 is 6.10 Å². The van der Waals surface area contributed by atoms with Crippen molar-refractivity contribution in [3.8, 4) is 23.0 Å². The van der Waals surface area contributed by atoms with E-state index in [4.69, 9.17) is 9.47 Å². The van der Waals surface area contributed by atoms with E-state index in [-0.39, 0.29) is 0 Å². The van der Waals surface area contributed by atoms with Crippen LogP contribution in [0.1, 0.15) is 17.2 Å². The molecule has 0 aliphatic heterocycles. The summed E-state index contributed by atoms with van der Waals surface area (Å²) in [6.45, 7) is 0. The maximum Gasteiger partial charge on any atom is 0.127 e. The van der Waals surface area contributed by atoms with Crippen LogP contribution in [0.25, 0.3) is 0 Å². The average molecular weight is 368 g/mol. The van der Waals surface area contributed by atoms with Gasteiger partial charge in [0.1, 0.15) is 29.1 Å². The normalized spacial score (nSPS) is 10.6. The van der Waals surface area contributed by atoms with Crippen molar-refractivity contribution in [3.63, 3.8) is 0 Å². The number of aliphatic hydroxyl groups is 1. The summed E-state index contributed by atoms with van der Waals surface area (Å²) < 4.78 is 11.7. The summed E-state index contributed by atoms with van der Waals surface area (Å²) in [6.07, 6.45) is -0.779. The maximum absolute atomic E-state index is 10.9. The van der Waals surface area contributed by atoms with Crippen LogP contribution < -0.4 is 9.47 Å². The number of aliphatic hydroxyl groups excluding tert-OH is 1. The lowest BCUT2D eigenvalue weighted by molar-refractivity contribution is 0.219. The Bertz CT molecular complexity index is 945. The van der Waals surface area contributed by atoms with Gasteiger partial charge in [-0.1, -0.05) is 60.7 Å². The molecule has 4 aromatic rings. The summed E-state index contributed by atoms with van der Waals surface area (Å²) >= 11 is 0. The summed E-state index contributed by atoms with van der Waals surface area (Å²) in [5.74, 6) is 2.87. The highest BCUT2D eigenvalue weighted by atomic mass is 16.5. The summed E-state index contributed by atoms with van der Waals surface area (Å²) in [4.78, 5) is 0. The predicted octanol–water partition coefficient (Wildman–Crippen LogP) is 6.35. The van der Waals surface area contributed by atoms with Gasteiger partial charge in [-0.3, -0.25) is 0 Å². The lowest BCUT2D eigenvalue weighted by Gasteiger charge is -2.15. The molecule has 1 N–H and O–H groups in total. The second kappa shape index (κ2) is 8.42. The Kier molecular flexibility index (Phi) is 5.36. The van der Waals surface area contributed by atoms with E-state index in [2.05, 4.69) is 0 Å². The molecule has 0 saturated heterocycles. The Morgan fingerprint density at radius 1 is 0.464 bits per heavy atom. The summed E-state index contributed by atoms with van der Waals surface area (Å²) in [7, 11) is 0. The quantitative estimate of drug-likeness (QED) is 0.431. The second-order valence-corrected chi connectivity index (χ2v) is 6.38. The van der Waals surface area contributed by atoms with Gasteiger partial charge in [0, 0.05) is 0 Å². The Balaban J connectivity index is 1.53. The molecule has 3 nitrogen and oxygen atoms in total. The van der Waals surface area contributed by atoms with E-state index in [0.717, 1.165) is 22.6 Å². The molecule has 0 saturated carbocycles. The third kappa shape index (κ3) is 4.40. The van der Waals surface area contributed by atoms with Crippen molar-refractivity contribution in [2.24, 2.45) is 0 Å². The number of hydrogen-bond acceptors (Lipinski definition) is 3. The van der Waals surface area contributed by atoms with Gasteiger partial charge in [-0.05, 0) is 59.7 Å². The first-order valence-electron chi connectivity index (χ1n) is 9.12. The first-order chi connectivity index (χ1) is 13.8. The smallest absolute Gasteiger partial charge is 0.127 e. The third-order valence-electron chi connectivity index (χ3n) is 4.31. The van der Waals surface area contributed by atoms with Gasteiger partial charge in [0.2, 0.25) is 0 Å². The molecule has 0 heterocycles. The number of hydrogen-bond donors (Lipinski definition) is 1. The van der Waals surface area contributed by atoms with Gasteiger partial charge < -0.3 is 14.6 Å². The minimum atomic E-state index is -0.779. The fourth-order valence-corrected chi connectivity index (χ4v) is 2.94. The number of para-hydroxylation sites is 2. The molecule has 0 fully saturated rings. The van der Waals surface area contributed by atoms with Gasteiger partial charge >= 0.3 is 0 Å². The highest BCUT2D eigenvalue weighted by Gasteiger charge is 2.13. The van der Waals surface area contributed by atoms with Gasteiger partial charge in [0.05, 0.1) is 0 Å². The molecular weight excluding hydrogens is 348 g/mol. The molecule has 0 bridgehead atoms. The largest absolute Gasteiger partial charge is 0.457 e. The van der Waals surface area contributed by atoms with Crippen LogP contribution in [0.15, 0.2) is 109 Å². The molecule has 0 unspecified atom stereocenters. The van der Waals surface area contributed by atoms with Crippen molar-refractivity contribution >= 4 is 0 Å². The van der Waals surface area contributed by atoms with Crippen molar-refractivity contribution in [3.05, 3.63) is 120 Å². The number of ether oxygens (including phenoxy) is 2. The van der Waals surface area contributed by atoms with Gasteiger partial charge in [-0.2, -0.15) is 0 Å². The molecular formula is C25H20O3. The molecule has 4 aromatic carbocycles. The average Bonchev–Trinajstić information content (AvgIpc) is 2.75. The van der Waals surface area contributed by atoms with E-state index in [9.17, 15) is 5.11 Å². The standard InChI is InChI=1S/C25H20O3/c26-25(19-9-7-15-23(17-19)27-21-11-3-1-4-12-21)20-10-8-16-24(18-20)28-22-13-5-2-6-14-22/h1-18,25-26H. The minimum Gasteiger partial charge on any atom is -0.457 e. The van der Waals surface area contributed by atoms with Crippen molar-refractivity contribution in [1.29, 1.82) is 0 Å². The monoisotopic (exact) mass is 368 g/mol. The first-order valence-corrected chi connectivity index (χ1v) is 9.12. The molecule has 3 heteroatoms. The van der Waals surface area contributed by atoms with E-state index in [1.54, 1.807) is 0 Å². The van der Waals surface area contributed by atoms with Crippen LogP contribution >= 0.6 is 0 Å². The zero-order chi connectivity index (χ0) is 19.2. The molecule has 4 rings (SSSR count). The Labute approximate surface area is 164 Å². The van der Waals surface area contributed by atoms with Crippen LogP contribution in [-0.4, -0.2) is 5.11 Å². The molecule has 138 valence electrons. The van der Waals surface area contributed by atoms with Gasteiger partial charge in [0.15, 0.2) is 0 Å². The van der Waals surface area contributed by atoms with E-state index in [1.807, 2.05) is 109 Å². The molecule has 0 aliphatic rings. The lowest BCUT2D eigenvalue weighted by Crippen LogP contribution is -2.00. The van der Waals surface area contributed by atoms with Crippen molar-refractivity contribution < 1.29 is 14.6 Å². The molecule has 0 aliphatic carbocycles. The lowest BCUT2D eigenvalue weighted by atomic mass is 10.0. The van der Waals surface area contributed by atoms with Crippen molar-refractivity contribution in [2.45, 2.75) is 6.10 Å². The second-order valence-electron chi connectivity index (χ2n) is 6.38. The highest BCUT2D eigenvalue weighted by molar-refractivity contribution is 5.41. The van der Waals surface area contributed by atoms with E-state index in [1.165, 1.54) is 0 Å². The summed E-state index contributed by atoms with van der Waals surface area (Å²) in [5.41, 5.74) is 1.51. The Morgan fingerprint density at radius 2 is 0.857 bits per heavy atom. The number of rotatable bonds is 6. The van der Waals surface area contributed by atoms with Crippen LogP contribution in [-0.2, 0) is 0 Å². The van der Waals surface area contributed by atoms with Crippen LogP contribution in [0.2, 0.25) is 0 Å². The van der Waals surface area contributed by atoms with Crippen molar-refractivity contribution in [1.82, 2.24) is 0 Å². The highest BCUT2D eigenvalue weighted by Crippen LogP contribution is 2.30. The van der Waals surface area contributed by atoms with Crippen LogP contribution in [0, 0.1) is 0 Å². The SMILES string of the molecule is OC(c1cccc(Oc2ccccc2)c1)c1cccc(Oc2ccccc2)c1.